The molecule has 150 valence electrons. The molecular formula is C25H32BrNO. The van der Waals surface area contributed by atoms with Gasteiger partial charge in [0.25, 0.3) is 0 Å². The molecule has 2 bridgehead atoms. The lowest BCUT2D eigenvalue weighted by molar-refractivity contribution is -0.909. The van der Waals surface area contributed by atoms with E-state index in [1.165, 1.54) is 37.0 Å². The first-order chi connectivity index (χ1) is 13.1. The Hall–Kier alpha value is -1.42. The maximum Gasteiger partial charge on any atom is 0.126 e. The van der Waals surface area contributed by atoms with Crippen LogP contribution >= 0.6 is 0 Å². The van der Waals surface area contributed by atoms with Crippen LogP contribution in [0.25, 0.3) is 0 Å². The van der Waals surface area contributed by atoms with Crippen molar-refractivity contribution >= 4 is 0 Å². The smallest absolute Gasteiger partial charge is 0.126 e. The Labute approximate surface area is 180 Å². The molecule has 2 saturated heterocycles. The molecule has 4 rings (SSSR count). The van der Waals surface area contributed by atoms with E-state index < -0.39 is 5.60 Å². The predicted octanol–water partition coefficient (Wildman–Crippen LogP) is 1.89. The zero-order valence-corrected chi connectivity index (χ0v) is 18.3. The zero-order chi connectivity index (χ0) is 18.8. The maximum atomic E-state index is 12.3. The molecule has 2 aromatic carbocycles. The van der Waals surface area contributed by atoms with Crippen LogP contribution in [0.5, 0.6) is 0 Å². The van der Waals surface area contributed by atoms with E-state index in [2.05, 4.69) is 55.1 Å². The number of halogens is 1. The lowest BCUT2D eigenvalue weighted by Crippen LogP contribution is -3.00. The van der Waals surface area contributed by atoms with Crippen LogP contribution < -0.4 is 17.0 Å². The number of allylic oxidation sites excluding steroid dienone is 1. The summed E-state index contributed by atoms with van der Waals surface area (Å²) in [5, 5.41) is 12.3. The monoisotopic (exact) mass is 441 g/mol. The molecule has 28 heavy (non-hydrogen) atoms. The fourth-order valence-corrected chi connectivity index (χ4v) is 5.75. The van der Waals surface area contributed by atoms with Crippen LogP contribution in [0.4, 0.5) is 0 Å². The molecule has 0 aliphatic carbocycles. The molecule has 0 amide bonds. The second-order valence-electron chi connectivity index (χ2n) is 8.68. The van der Waals surface area contributed by atoms with E-state index in [1.54, 1.807) is 0 Å². The number of hydrogen-bond acceptors (Lipinski definition) is 1. The Morgan fingerprint density at radius 3 is 1.96 bits per heavy atom. The SMILES string of the molecule is C=CCCCC[N+]12CCC(C(O)(c3ccccc3)c3ccccc3)(CC1)C2.[Br-]. The van der Waals surface area contributed by atoms with Crippen molar-refractivity contribution in [3.05, 3.63) is 84.4 Å². The molecule has 3 heteroatoms. The lowest BCUT2D eigenvalue weighted by atomic mass is 9.63. The normalized spacial score (nSPS) is 26.0. The molecular weight excluding hydrogens is 410 g/mol. The first-order valence-electron chi connectivity index (χ1n) is 10.4. The van der Waals surface area contributed by atoms with E-state index in [-0.39, 0.29) is 22.4 Å². The van der Waals surface area contributed by atoms with Crippen LogP contribution in [0.2, 0.25) is 0 Å². The Bertz CT molecular complexity index is 726. The number of hydrogen-bond donors (Lipinski definition) is 1. The van der Waals surface area contributed by atoms with Crippen molar-refractivity contribution in [2.75, 3.05) is 26.2 Å². The topological polar surface area (TPSA) is 20.2 Å². The predicted molar refractivity (Wildman–Crippen MR) is 111 cm³/mol. The second kappa shape index (κ2) is 8.52. The summed E-state index contributed by atoms with van der Waals surface area (Å²) in [6, 6.07) is 20.7. The highest BCUT2D eigenvalue weighted by atomic mass is 79.9. The average Bonchev–Trinajstić information content (AvgIpc) is 3.30. The summed E-state index contributed by atoms with van der Waals surface area (Å²) in [4.78, 5) is 0. The largest absolute Gasteiger partial charge is 1.00 e. The molecule has 2 aliphatic rings. The maximum absolute atomic E-state index is 12.3. The zero-order valence-electron chi connectivity index (χ0n) is 16.7. The third kappa shape index (κ3) is 3.49. The summed E-state index contributed by atoms with van der Waals surface area (Å²) in [6.45, 7) is 8.60. The van der Waals surface area contributed by atoms with Gasteiger partial charge in [-0.05, 0) is 30.4 Å². The van der Waals surface area contributed by atoms with Crippen LogP contribution in [0.3, 0.4) is 0 Å². The molecule has 2 aromatic rings. The van der Waals surface area contributed by atoms with E-state index in [0.29, 0.717) is 0 Å². The minimum Gasteiger partial charge on any atom is -1.00 e. The van der Waals surface area contributed by atoms with E-state index >= 15 is 0 Å². The second-order valence-corrected chi connectivity index (χ2v) is 8.68. The van der Waals surface area contributed by atoms with Gasteiger partial charge in [0, 0.05) is 12.8 Å². The number of fused-ring (bicyclic) bond motifs is 2. The van der Waals surface area contributed by atoms with Gasteiger partial charge in [-0.2, -0.15) is 0 Å². The van der Waals surface area contributed by atoms with Gasteiger partial charge >= 0.3 is 0 Å². The van der Waals surface area contributed by atoms with Gasteiger partial charge in [0.15, 0.2) is 0 Å². The number of rotatable bonds is 8. The molecule has 2 aliphatic heterocycles. The summed E-state index contributed by atoms with van der Waals surface area (Å²) in [5.74, 6) is 0. The minimum absolute atomic E-state index is 0. The van der Waals surface area contributed by atoms with Gasteiger partial charge < -0.3 is 26.6 Å². The quantitative estimate of drug-likeness (QED) is 0.376. The molecule has 0 saturated carbocycles. The minimum atomic E-state index is -0.910. The lowest BCUT2D eigenvalue weighted by Gasteiger charge is -2.42. The summed E-state index contributed by atoms with van der Waals surface area (Å²) < 4.78 is 1.19. The highest BCUT2D eigenvalue weighted by Crippen LogP contribution is 2.58. The van der Waals surface area contributed by atoms with Gasteiger partial charge in [-0.15, -0.1) is 6.58 Å². The number of benzene rings is 2. The van der Waals surface area contributed by atoms with E-state index in [1.807, 2.05) is 18.2 Å². The molecule has 0 spiro atoms. The number of quaternary nitrogens is 1. The average molecular weight is 442 g/mol. The van der Waals surface area contributed by atoms with Gasteiger partial charge in [0.1, 0.15) is 5.60 Å². The summed E-state index contributed by atoms with van der Waals surface area (Å²) >= 11 is 0. The molecule has 2 nitrogen and oxygen atoms in total. The van der Waals surface area contributed by atoms with Crippen LogP contribution in [-0.4, -0.2) is 35.8 Å². The Morgan fingerprint density at radius 1 is 0.929 bits per heavy atom. The molecule has 0 unspecified atom stereocenters. The van der Waals surface area contributed by atoms with Crippen LogP contribution in [0, 0.1) is 5.41 Å². The highest BCUT2D eigenvalue weighted by Gasteiger charge is 2.65. The van der Waals surface area contributed by atoms with Gasteiger partial charge in [-0.1, -0.05) is 66.7 Å². The molecule has 1 N–H and O–H groups in total. The van der Waals surface area contributed by atoms with Crippen LogP contribution in [-0.2, 0) is 5.60 Å². The van der Waals surface area contributed by atoms with Gasteiger partial charge in [0.05, 0.1) is 31.6 Å². The Kier molecular flexibility index (Phi) is 6.48. The molecule has 0 atom stereocenters. The first kappa shape index (κ1) is 21.3. The Balaban J connectivity index is 0.00000225. The van der Waals surface area contributed by atoms with Gasteiger partial charge in [-0.3, -0.25) is 0 Å². The van der Waals surface area contributed by atoms with Crippen molar-refractivity contribution in [3.8, 4) is 0 Å². The number of piperidine rings is 1. The van der Waals surface area contributed by atoms with Crippen molar-refractivity contribution in [2.24, 2.45) is 5.41 Å². The van der Waals surface area contributed by atoms with Crippen molar-refractivity contribution < 1.29 is 26.6 Å². The number of aliphatic hydroxyl groups is 1. The van der Waals surface area contributed by atoms with Crippen molar-refractivity contribution in [3.63, 3.8) is 0 Å². The standard InChI is InChI=1S/C25H32NO.BrH/c1-2-3-4-11-18-26-19-16-24(21-26,17-20-26)25(27,22-12-7-5-8-13-22)23-14-9-6-10-15-23;/h2,5-10,12-15,27H,1,3-4,11,16-21H2;1H/q+1;/p-1. The third-order valence-electron chi connectivity index (χ3n) is 7.21. The fraction of sp³-hybridized carbons (Fsp3) is 0.440. The number of unbranched alkanes of at least 4 members (excludes halogenated alkanes) is 2. The summed E-state index contributed by atoms with van der Waals surface area (Å²) in [5.41, 5.74) is 1.12. The molecule has 0 radical (unpaired) electrons. The van der Waals surface area contributed by atoms with Crippen LogP contribution in [0.1, 0.15) is 43.2 Å². The van der Waals surface area contributed by atoms with Crippen molar-refractivity contribution in [1.29, 1.82) is 0 Å². The van der Waals surface area contributed by atoms with E-state index in [9.17, 15) is 5.11 Å². The van der Waals surface area contributed by atoms with Crippen molar-refractivity contribution in [2.45, 2.75) is 37.7 Å². The highest BCUT2D eigenvalue weighted by molar-refractivity contribution is 5.39. The molecule has 2 fully saturated rings. The van der Waals surface area contributed by atoms with E-state index in [0.717, 1.165) is 36.9 Å². The molecule has 0 aromatic heterocycles. The summed E-state index contributed by atoms with van der Waals surface area (Å²) in [6.07, 6.45) is 7.85. The fourth-order valence-electron chi connectivity index (χ4n) is 5.75. The molecule has 2 heterocycles. The van der Waals surface area contributed by atoms with E-state index in [4.69, 9.17) is 0 Å². The van der Waals surface area contributed by atoms with Crippen molar-refractivity contribution in [1.82, 2.24) is 0 Å². The third-order valence-corrected chi connectivity index (χ3v) is 7.21. The van der Waals surface area contributed by atoms with Gasteiger partial charge in [-0.25, -0.2) is 0 Å². The first-order valence-corrected chi connectivity index (χ1v) is 10.4. The van der Waals surface area contributed by atoms with Gasteiger partial charge in [0.2, 0.25) is 0 Å². The Morgan fingerprint density at radius 2 is 1.46 bits per heavy atom. The van der Waals surface area contributed by atoms with Crippen LogP contribution in [0.15, 0.2) is 73.3 Å². The summed E-state index contributed by atoms with van der Waals surface area (Å²) in [7, 11) is 0. The number of nitrogens with zero attached hydrogens (tertiary/aromatic N) is 1.